The van der Waals surface area contributed by atoms with Crippen molar-refractivity contribution < 1.29 is 28.6 Å². The third-order valence-electron chi connectivity index (χ3n) is 11.0. The standard InChI is InChI=1S/C55H96O6/c1-4-7-10-13-16-19-21-23-25-26-27-28-30-31-33-36-39-42-45-48-54(57)60-51-52(50-59-53(56)47-44-41-38-35-18-15-12-9-6-3)61-55(58)49-46-43-40-37-34-32-29-24-22-20-17-14-11-8-5-2/h9,12,18,20,22,26-27,35,41,44,52H,4-8,10-11,13-17,19,21,23-25,28-34,36-40,42-43,45-51H2,1-3H3/b12-9-,22-20-,27-26-,35-18-,44-41-. The summed E-state index contributed by atoms with van der Waals surface area (Å²) < 4.78 is 16.6. The summed E-state index contributed by atoms with van der Waals surface area (Å²) in [6, 6.07) is 0. The van der Waals surface area contributed by atoms with E-state index in [2.05, 4.69) is 69.4 Å². The van der Waals surface area contributed by atoms with E-state index in [1.165, 1.54) is 154 Å². The molecule has 0 aliphatic carbocycles. The van der Waals surface area contributed by atoms with E-state index in [1.807, 2.05) is 6.08 Å². The Hall–Kier alpha value is -2.89. The van der Waals surface area contributed by atoms with Gasteiger partial charge >= 0.3 is 17.9 Å². The Morgan fingerprint density at radius 1 is 0.361 bits per heavy atom. The van der Waals surface area contributed by atoms with Gasteiger partial charge in [0.25, 0.3) is 0 Å². The first-order valence-electron chi connectivity index (χ1n) is 25.8. The molecule has 0 radical (unpaired) electrons. The summed E-state index contributed by atoms with van der Waals surface area (Å²) in [5, 5.41) is 0. The van der Waals surface area contributed by atoms with Gasteiger partial charge in [0, 0.05) is 12.8 Å². The van der Waals surface area contributed by atoms with E-state index in [0.29, 0.717) is 12.8 Å². The van der Waals surface area contributed by atoms with Gasteiger partial charge in [-0.2, -0.15) is 0 Å². The predicted molar refractivity (Wildman–Crippen MR) is 261 cm³/mol. The maximum absolute atomic E-state index is 12.8. The van der Waals surface area contributed by atoms with Crippen LogP contribution in [0.4, 0.5) is 0 Å². The summed E-state index contributed by atoms with van der Waals surface area (Å²) in [7, 11) is 0. The number of rotatable bonds is 46. The number of esters is 3. The molecular weight excluding hydrogens is 757 g/mol. The Balaban J connectivity index is 4.34. The first kappa shape index (κ1) is 58.1. The second kappa shape index (κ2) is 49.8. The maximum Gasteiger partial charge on any atom is 0.309 e. The highest BCUT2D eigenvalue weighted by atomic mass is 16.6. The molecule has 61 heavy (non-hydrogen) atoms. The van der Waals surface area contributed by atoms with Gasteiger partial charge in [-0.1, -0.05) is 210 Å². The van der Waals surface area contributed by atoms with E-state index < -0.39 is 12.1 Å². The van der Waals surface area contributed by atoms with Gasteiger partial charge < -0.3 is 14.2 Å². The van der Waals surface area contributed by atoms with Gasteiger partial charge in [0.1, 0.15) is 13.2 Å². The van der Waals surface area contributed by atoms with Crippen molar-refractivity contribution in [1.29, 1.82) is 0 Å². The molecule has 0 aliphatic rings. The summed E-state index contributed by atoms with van der Waals surface area (Å²) >= 11 is 0. The number of carbonyl (C=O) groups is 3. The topological polar surface area (TPSA) is 78.9 Å². The van der Waals surface area contributed by atoms with Crippen molar-refractivity contribution >= 4 is 17.9 Å². The predicted octanol–water partition coefficient (Wildman–Crippen LogP) is 16.9. The van der Waals surface area contributed by atoms with E-state index in [1.54, 1.807) is 6.08 Å². The molecule has 0 rings (SSSR count). The lowest BCUT2D eigenvalue weighted by Crippen LogP contribution is -2.30. The van der Waals surface area contributed by atoms with E-state index in [4.69, 9.17) is 14.2 Å². The monoisotopic (exact) mass is 853 g/mol. The number of hydrogen-bond acceptors (Lipinski definition) is 6. The Kier molecular flexibility index (Phi) is 47.4. The van der Waals surface area contributed by atoms with Crippen LogP contribution in [0.2, 0.25) is 0 Å². The minimum Gasteiger partial charge on any atom is -0.462 e. The molecule has 6 nitrogen and oxygen atoms in total. The molecule has 0 N–H and O–H groups in total. The zero-order chi connectivity index (χ0) is 44.4. The first-order chi connectivity index (χ1) is 30.0. The molecule has 0 aromatic carbocycles. The molecule has 0 bridgehead atoms. The molecule has 1 atom stereocenters. The molecule has 0 aromatic heterocycles. The van der Waals surface area contributed by atoms with Crippen molar-refractivity contribution in [2.75, 3.05) is 13.2 Å². The van der Waals surface area contributed by atoms with Gasteiger partial charge in [-0.15, -0.1) is 0 Å². The largest absolute Gasteiger partial charge is 0.462 e. The average Bonchev–Trinajstić information content (AvgIpc) is 3.26. The van der Waals surface area contributed by atoms with Crippen LogP contribution >= 0.6 is 0 Å². The molecule has 0 spiro atoms. The van der Waals surface area contributed by atoms with Gasteiger partial charge in [0.15, 0.2) is 6.10 Å². The lowest BCUT2D eigenvalue weighted by Gasteiger charge is -2.18. The first-order valence-corrected chi connectivity index (χ1v) is 25.8. The van der Waals surface area contributed by atoms with Crippen LogP contribution in [0, 0.1) is 0 Å². The van der Waals surface area contributed by atoms with E-state index in [9.17, 15) is 14.4 Å². The zero-order valence-corrected chi connectivity index (χ0v) is 40.2. The summed E-state index contributed by atoms with van der Waals surface area (Å²) in [5.41, 5.74) is 0. The smallest absolute Gasteiger partial charge is 0.309 e. The van der Waals surface area contributed by atoms with Crippen LogP contribution in [-0.2, 0) is 28.6 Å². The van der Waals surface area contributed by atoms with Crippen LogP contribution in [0.5, 0.6) is 0 Å². The number of carbonyl (C=O) groups excluding carboxylic acids is 3. The second-order valence-corrected chi connectivity index (χ2v) is 17.1. The molecule has 0 fully saturated rings. The highest BCUT2D eigenvalue weighted by Crippen LogP contribution is 2.14. The number of hydrogen-bond donors (Lipinski definition) is 0. The number of allylic oxidation sites excluding steroid dienone is 9. The van der Waals surface area contributed by atoms with Gasteiger partial charge in [-0.05, 0) is 83.5 Å². The molecule has 0 saturated heterocycles. The van der Waals surface area contributed by atoms with Gasteiger partial charge in [-0.3, -0.25) is 14.4 Å². The number of unbranched alkanes of at least 4 members (excludes halogenated alkanes) is 26. The van der Waals surface area contributed by atoms with Crippen LogP contribution in [-0.4, -0.2) is 37.2 Å². The third kappa shape index (κ3) is 48.0. The lowest BCUT2D eigenvalue weighted by molar-refractivity contribution is -0.166. The van der Waals surface area contributed by atoms with Crippen LogP contribution in [0.15, 0.2) is 60.8 Å². The fourth-order valence-electron chi connectivity index (χ4n) is 7.14. The summed E-state index contributed by atoms with van der Waals surface area (Å²) in [5.74, 6) is -1.04. The van der Waals surface area contributed by atoms with Gasteiger partial charge in [0.05, 0.1) is 6.42 Å². The summed E-state index contributed by atoms with van der Waals surface area (Å²) in [6.07, 6.45) is 61.0. The van der Waals surface area contributed by atoms with Crippen LogP contribution in [0.3, 0.4) is 0 Å². The zero-order valence-electron chi connectivity index (χ0n) is 40.2. The average molecular weight is 853 g/mol. The highest BCUT2D eigenvalue weighted by Gasteiger charge is 2.19. The summed E-state index contributed by atoms with van der Waals surface area (Å²) in [6.45, 7) is 6.41. The number of ether oxygens (including phenoxy) is 3. The van der Waals surface area contributed by atoms with E-state index in [-0.39, 0.29) is 31.6 Å². The Morgan fingerprint density at radius 3 is 1.15 bits per heavy atom. The third-order valence-corrected chi connectivity index (χ3v) is 11.0. The van der Waals surface area contributed by atoms with Crippen molar-refractivity contribution in [2.24, 2.45) is 0 Å². The molecule has 0 heterocycles. The van der Waals surface area contributed by atoms with E-state index >= 15 is 0 Å². The molecule has 352 valence electrons. The van der Waals surface area contributed by atoms with Crippen molar-refractivity contribution in [1.82, 2.24) is 0 Å². The molecule has 0 amide bonds. The molecular formula is C55H96O6. The van der Waals surface area contributed by atoms with Gasteiger partial charge in [0.2, 0.25) is 0 Å². The van der Waals surface area contributed by atoms with Crippen LogP contribution in [0.1, 0.15) is 252 Å². The second-order valence-electron chi connectivity index (χ2n) is 17.1. The molecule has 0 aromatic rings. The molecule has 0 aliphatic heterocycles. The Morgan fingerprint density at radius 2 is 0.705 bits per heavy atom. The Labute approximate surface area is 377 Å². The quantitative estimate of drug-likeness (QED) is 0.0263. The highest BCUT2D eigenvalue weighted by molar-refractivity contribution is 5.72. The maximum atomic E-state index is 12.8. The fraction of sp³-hybridized carbons (Fsp3) is 0.764. The minimum atomic E-state index is -0.811. The Bertz CT molecular complexity index is 1120. The molecule has 0 saturated carbocycles. The van der Waals surface area contributed by atoms with Crippen molar-refractivity contribution in [3.8, 4) is 0 Å². The normalized spacial score (nSPS) is 12.5. The fourth-order valence-corrected chi connectivity index (χ4v) is 7.14. The van der Waals surface area contributed by atoms with Crippen LogP contribution < -0.4 is 0 Å². The summed E-state index contributed by atoms with van der Waals surface area (Å²) in [4.78, 5) is 37.8. The van der Waals surface area contributed by atoms with E-state index in [0.717, 1.165) is 57.8 Å². The molecule has 6 heteroatoms. The SMILES string of the molecule is CC/C=C\C/C=C\C/C=C\CC(=O)OCC(COC(=O)CCCCCCCCC/C=C\CCCCCCCCCC)OC(=O)CCCCCCCCC/C=C\CCCCCC. The van der Waals surface area contributed by atoms with Crippen molar-refractivity contribution in [3.63, 3.8) is 0 Å². The minimum absolute atomic E-state index is 0.105. The lowest BCUT2D eigenvalue weighted by atomic mass is 10.1. The van der Waals surface area contributed by atoms with Crippen LogP contribution in [0.25, 0.3) is 0 Å². The van der Waals surface area contributed by atoms with Crippen molar-refractivity contribution in [2.45, 2.75) is 258 Å². The van der Waals surface area contributed by atoms with Gasteiger partial charge in [-0.25, -0.2) is 0 Å². The van der Waals surface area contributed by atoms with Crippen molar-refractivity contribution in [3.05, 3.63) is 60.8 Å². The molecule has 1 unspecified atom stereocenters.